The molecule has 0 radical (unpaired) electrons. The summed E-state index contributed by atoms with van der Waals surface area (Å²) in [5.41, 5.74) is 2.50. The summed E-state index contributed by atoms with van der Waals surface area (Å²) in [4.78, 5) is 2.38. The highest BCUT2D eigenvalue weighted by atomic mass is 15.3. The average molecular weight is 255 g/mol. The number of para-hydroxylation sites is 2. The predicted octanol–water partition coefficient (Wildman–Crippen LogP) is 3.53. The molecular formula is C17H23N2+. The molecule has 0 atom stereocenters. The molecular weight excluding hydrogens is 232 g/mol. The molecule has 2 heteroatoms. The van der Waals surface area contributed by atoms with E-state index in [0.717, 1.165) is 17.6 Å². The van der Waals surface area contributed by atoms with Crippen molar-refractivity contribution in [3.8, 4) is 0 Å². The van der Waals surface area contributed by atoms with Crippen LogP contribution in [0.25, 0.3) is 0 Å². The first-order chi connectivity index (χ1) is 9.06. The molecule has 2 nitrogen and oxygen atoms in total. The zero-order valence-corrected chi connectivity index (χ0v) is 12.1. The van der Waals surface area contributed by atoms with Crippen LogP contribution in [-0.4, -0.2) is 38.7 Å². The number of hydrogen-bond acceptors (Lipinski definition) is 1. The number of likely N-dealkylation sites (N-methyl/N-ethyl adjacent to an activating group) is 1. The Morgan fingerprint density at radius 2 is 1.16 bits per heavy atom. The molecule has 0 aromatic heterocycles. The molecule has 0 aliphatic carbocycles. The summed E-state index contributed by atoms with van der Waals surface area (Å²) in [5, 5.41) is 0. The lowest BCUT2D eigenvalue weighted by Crippen LogP contribution is -2.40. The van der Waals surface area contributed by atoms with Crippen LogP contribution in [0.3, 0.4) is 0 Å². The van der Waals surface area contributed by atoms with Crippen molar-refractivity contribution >= 4 is 11.4 Å². The van der Waals surface area contributed by atoms with Crippen molar-refractivity contribution in [3.05, 3.63) is 60.7 Å². The first-order valence-electron chi connectivity index (χ1n) is 6.74. The van der Waals surface area contributed by atoms with Crippen LogP contribution in [-0.2, 0) is 0 Å². The zero-order valence-electron chi connectivity index (χ0n) is 12.1. The molecule has 2 aromatic rings. The standard InChI is InChI=1S/C17H23N2/c1-19(2,3)15-14-18(16-10-6-4-7-11-16)17-12-8-5-9-13-17/h4-13H,14-15H2,1-3H3/q+1. The summed E-state index contributed by atoms with van der Waals surface area (Å²) >= 11 is 0. The minimum atomic E-state index is 0.968. The number of anilines is 2. The molecule has 0 saturated carbocycles. The molecule has 0 aliphatic rings. The summed E-state index contributed by atoms with van der Waals surface area (Å²) in [6, 6.07) is 21.2. The van der Waals surface area contributed by atoms with E-state index in [2.05, 4.69) is 86.7 Å². The van der Waals surface area contributed by atoms with Crippen LogP contribution >= 0.6 is 0 Å². The largest absolute Gasteiger partial charge is 0.336 e. The van der Waals surface area contributed by atoms with Crippen LogP contribution in [0.4, 0.5) is 11.4 Å². The summed E-state index contributed by atoms with van der Waals surface area (Å²) in [6.07, 6.45) is 0. The van der Waals surface area contributed by atoms with Gasteiger partial charge >= 0.3 is 0 Å². The molecule has 2 aromatic carbocycles. The number of nitrogens with zero attached hydrogens (tertiary/aromatic N) is 2. The van der Waals surface area contributed by atoms with Gasteiger partial charge in [0, 0.05) is 11.4 Å². The Balaban J connectivity index is 2.24. The van der Waals surface area contributed by atoms with Crippen molar-refractivity contribution in [3.63, 3.8) is 0 Å². The molecule has 19 heavy (non-hydrogen) atoms. The van der Waals surface area contributed by atoms with Crippen molar-refractivity contribution in [1.82, 2.24) is 0 Å². The topological polar surface area (TPSA) is 3.24 Å². The van der Waals surface area contributed by atoms with Gasteiger partial charge in [-0.1, -0.05) is 36.4 Å². The Morgan fingerprint density at radius 1 is 0.737 bits per heavy atom. The van der Waals surface area contributed by atoms with Crippen molar-refractivity contribution in [1.29, 1.82) is 0 Å². The van der Waals surface area contributed by atoms with Gasteiger partial charge in [-0.3, -0.25) is 0 Å². The summed E-state index contributed by atoms with van der Waals surface area (Å²) in [5.74, 6) is 0. The molecule has 0 bridgehead atoms. The van der Waals surface area contributed by atoms with E-state index in [-0.39, 0.29) is 0 Å². The minimum absolute atomic E-state index is 0.968. The molecule has 0 saturated heterocycles. The van der Waals surface area contributed by atoms with Gasteiger partial charge in [0.1, 0.15) is 0 Å². The normalized spacial score (nSPS) is 11.3. The summed E-state index contributed by atoms with van der Waals surface area (Å²) in [6.45, 7) is 2.11. The van der Waals surface area contributed by atoms with E-state index in [1.54, 1.807) is 0 Å². The number of benzene rings is 2. The second-order valence-electron chi connectivity index (χ2n) is 5.84. The van der Waals surface area contributed by atoms with E-state index >= 15 is 0 Å². The quantitative estimate of drug-likeness (QED) is 0.739. The van der Waals surface area contributed by atoms with Gasteiger partial charge in [0.25, 0.3) is 0 Å². The van der Waals surface area contributed by atoms with E-state index in [1.807, 2.05) is 0 Å². The molecule has 2 rings (SSSR count). The van der Waals surface area contributed by atoms with E-state index in [9.17, 15) is 0 Å². The molecule has 0 heterocycles. The Hall–Kier alpha value is -1.80. The average Bonchev–Trinajstić information content (AvgIpc) is 2.40. The third-order valence-electron chi connectivity index (χ3n) is 3.13. The third kappa shape index (κ3) is 4.11. The van der Waals surface area contributed by atoms with E-state index in [0.29, 0.717) is 0 Å². The van der Waals surface area contributed by atoms with Crippen molar-refractivity contribution in [2.45, 2.75) is 0 Å². The first kappa shape index (κ1) is 13.6. The lowest BCUT2D eigenvalue weighted by molar-refractivity contribution is -0.868. The molecule has 0 spiro atoms. The molecule has 100 valence electrons. The predicted molar refractivity (Wildman–Crippen MR) is 82.8 cm³/mol. The van der Waals surface area contributed by atoms with Gasteiger partial charge in [0.05, 0.1) is 34.2 Å². The Bertz CT molecular complexity index is 446. The lowest BCUT2D eigenvalue weighted by Gasteiger charge is -2.30. The van der Waals surface area contributed by atoms with Gasteiger partial charge in [-0.15, -0.1) is 0 Å². The summed E-state index contributed by atoms with van der Waals surface area (Å²) < 4.78 is 0.968. The minimum Gasteiger partial charge on any atom is -0.336 e. The maximum Gasteiger partial charge on any atom is 0.0962 e. The SMILES string of the molecule is C[N+](C)(C)CCN(c1ccccc1)c1ccccc1. The maximum absolute atomic E-state index is 2.38. The van der Waals surface area contributed by atoms with Crippen LogP contribution in [0.2, 0.25) is 0 Å². The number of rotatable bonds is 5. The van der Waals surface area contributed by atoms with E-state index in [4.69, 9.17) is 0 Å². The highest BCUT2D eigenvalue weighted by Gasteiger charge is 2.13. The first-order valence-corrected chi connectivity index (χ1v) is 6.74. The van der Waals surface area contributed by atoms with Gasteiger partial charge in [-0.25, -0.2) is 0 Å². The van der Waals surface area contributed by atoms with Crippen LogP contribution in [0.5, 0.6) is 0 Å². The van der Waals surface area contributed by atoms with Gasteiger partial charge in [0.15, 0.2) is 0 Å². The molecule has 0 N–H and O–H groups in total. The monoisotopic (exact) mass is 255 g/mol. The van der Waals surface area contributed by atoms with E-state index < -0.39 is 0 Å². The van der Waals surface area contributed by atoms with Crippen LogP contribution in [0, 0.1) is 0 Å². The zero-order chi connectivity index (χ0) is 13.7. The fraction of sp³-hybridized carbons (Fsp3) is 0.294. The second kappa shape index (κ2) is 5.89. The van der Waals surface area contributed by atoms with Gasteiger partial charge < -0.3 is 9.38 Å². The Kier molecular flexibility index (Phi) is 4.23. The highest BCUT2D eigenvalue weighted by molar-refractivity contribution is 5.62. The number of quaternary nitrogens is 1. The Labute approximate surface area is 116 Å². The molecule has 0 unspecified atom stereocenters. The van der Waals surface area contributed by atoms with E-state index in [1.165, 1.54) is 11.4 Å². The Morgan fingerprint density at radius 3 is 1.53 bits per heavy atom. The number of hydrogen-bond donors (Lipinski definition) is 0. The summed E-state index contributed by atoms with van der Waals surface area (Å²) in [7, 11) is 6.69. The van der Waals surface area contributed by atoms with Crippen molar-refractivity contribution in [2.75, 3.05) is 39.1 Å². The van der Waals surface area contributed by atoms with Crippen LogP contribution < -0.4 is 4.90 Å². The van der Waals surface area contributed by atoms with Crippen molar-refractivity contribution in [2.24, 2.45) is 0 Å². The van der Waals surface area contributed by atoms with Gasteiger partial charge in [-0.05, 0) is 24.3 Å². The maximum atomic E-state index is 2.38. The van der Waals surface area contributed by atoms with Gasteiger partial charge in [-0.2, -0.15) is 0 Å². The molecule has 0 aliphatic heterocycles. The third-order valence-corrected chi connectivity index (χ3v) is 3.13. The molecule has 0 amide bonds. The smallest absolute Gasteiger partial charge is 0.0962 e. The van der Waals surface area contributed by atoms with Crippen LogP contribution in [0.15, 0.2) is 60.7 Å². The lowest BCUT2D eigenvalue weighted by atomic mass is 10.2. The fourth-order valence-electron chi connectivity index (χ4n) is 2.02. The highest BCUT2D eigenvalue weighted by Crippen LogP contribution is 2.24. The van der Waals surface area contributed by atoms with Crippen LogP contribution in [0.1, 0.15) is 0 Å². The molecule has 0 fully saturated rings. The van der Waals surface area contributed by atoms with Gasteiger partial charge in [0.2, 0.25) is 0 Å². The van der Waals surface area contributed by atoms with Crippen molar-refractivity contribution < 1.29 is 4.48 Å². The second-order valence-corrected chi connectivity index (χ2v) is 5.84. The fourth-order valence-corrected chi connectivity index (χ4v) is 2.02.